The second-order valence-corrected chi connectivity index (χ2v) is 7.08. The average molecular weight is 432 g/mol. The van der Waals surface area contributed by atoms with Gasteiger partial charge in [-0.05, 0) is 48.9 Å². The lowest BCUT2D eigenvalue weighted by molar-refractivity contribution is -0.112. The number of carbonyl (C=O) groups excluding carboxylic acids is 1. The van der Waals surface area contributed by atoms with E-state index in [1.807, 2.05) is 13.0 Å². The van der Waals surface area contributed by atoms with Crippen molar-refractivity contribution in [2.75, 3.05) is 5.32 Å². The van der Waals surface area contributed by atoms with Crippen LogP contribution in [-0.2, 0) is 4.79 Å². The molecule has 1 N–H and O–H groups in total. The lowest BCUT2D eigenvalue weighted by atomic mass is 10.2. The van der Waals surface area contributed by atoms with E-state index in [1.54, 1.807) is 48.5 Å². The highest BCUT2D eigenvalue weighted by molar-refractivity contribution is 6.43. The van der Waals surface area contributed by atoms with Crippen LogP contribution in [0.2, 0.25) is 15.1 Å². The van der Waals surface area contributed by atoms with Crippen molar-refractivity contribution in [3.8, 4) is 17.4 Å². The number of amides is 1. The molecule has 0 fully saturated rings. The van der Waals surface area contributed by atoms with Gasteiger partial charge < -0.3 is 9.73 Å². The second kappa shape index (κ2) is 8.53. The molecule has 0 atom stereocenters. The number of carbonyl (C=O) groups is 1. The van der Waals surface area contributed by atoms with Gasteiger partial charge in [-0.1, -0.05) is 46.9 Å². The van der Waals surface area contributed by atoms with Crippen LogP contribution >= 0.6 is 34.8 Å². The SMILES string of the molecule is Cc1ccc(NC(=O)/C(C#N)=C/c2ccc(-c3cccc(Cl)c3Cl)o2)cc1Cl. The fraction of sp³-hybridized carbons (Fsp3) is 0.0476. The largest absolute Gasteiger partial charge is 0.457 e. The number of nitriles is 1. The molecule has 0 aliphatic carbocycles. The van der Waals surface area contributed by atoms with E-state index in [2.05, 4.69) is 5.32 Å². The lowest BCUT2D eigenvalue weighted by Gasteiger charge is -2.06. The summed E-state index contributed by atoms with van der Waals surface area (Å²) >= 11 is 18.3. The third kappa shape index (κ3) is 4.40. The standard InChI is InChI=1S/C21H13Cl3N2O2/c1-12-5-6-14(10-18(12)23)26-21(27)13(11-25)9-15-7-8-19(28-15)16-3-2-4-17(22)20(16)24/h2-10H,1H3,(H,26,27)/b13-9+. The number of nitrogens with one attached hydrogen (secondary N) is 1. The molecule has 4 nitrogen and oxygen atoms in total. The monoisotopic (exact) mass is 430 g/mol. The maximum atomic E-state index is 12.4. The number of halogens is 3. The van der Waals surface area contributed by atoms with E-state index < -0.39 is 5.91 Å². The number of anilines is 1. The molecule has 1 aromatic heterocycles. The van der Waals surface area contributed by atoms with E-state index in [4.69, 9.17) is 39.2 Å². The zero-order valence-electron chi connectivity index (χ0n) is 14.6. The Labute approximate surface area is 176 Å². The first-order valence-corrected chi connectivity index (χ1v) is 9.26. The fourth-order valence-electron chi connectivity index (χ4n) is 2.43. The summed E-state index contributed by atoms with van der Waals surface area (Å²) in [6, 6.07) is 15.5. The Morgan fingerprint density at radius 2 is 1.89 bits per heavy atom. The predicted molar refractivity (Wildman–Crippen MR) is 113 cm³/mol. The van der Waals surface area contributed by atoms with Crippen molar-refractivity contribution in [3.63, 3.8) is 0 Å². The third-order valence-electron chi connectivity index (χ3n) is 3.93. The smallest absolute Gasteiger partial charge is 0.266 e. The van der Waals surface area contributed by atoms with Crippen LogP contribution < -0.4 is 5.32 Å². The summed E-state index contributed by atoms with van der Waals surface area (Å²) in [5.41, 5.74) is 1.88. The van der Waals surface area contributed by atoms with Crippen LogP contribution in [0, 0.1) is 18.3 Å². The molecule has 0 radical (unpaired) electrons. The van der Waals surface area contributed by atoms with Gasteiger partial charge in [-0.3, -0.25) is 4.79 Å². The number of nitrogens with zero attached hydrogens (tertiary/aromatic N) is 1. The van der Waals surface area contributed by atoms with Crippen molar-refractivity contribution in [3.05, 3.63) is 80.5 Å². The van der Waals surface area contributed by atoms with Gasteiger partial charge in [0.15, 0.2) is 0 Å². The number of furan rings is 1. The maximum absolute atomic E-state index is 12.4. The van der Waals surface area contributed by atoms with Gasteiger partial charge >= 0.3 is 0 Å². The van der Waals surface area contributed by atoms with Crippen LogP contribution in [0.1, 0.15) is 11.3 Å². The minimum Gasteiger partial charge on any atom is -0.457 e. The Morgan fingerprint density at radius 3 is 2.61 bits per heavy atom. The van der Waals surface area contributed by atoms with Gasteiger partial charge in [-0.25, -0.2) is 0 Å². The quantitative estimate of drug-likeness (QED) is 0.366. The molecule has 0 saturated heterocycles. The summed E-state index contributed by atoms with van der Waals surface area (Å²) in [7, 11) is 0. The van der Waals surface area contributed by atoms with Gasteiger partial charge in [0.05, 0.1) is 10.0 Å². The minimum absolute atomic E-state index is 0.116. The van der Waals surface area contributed by atoms with Gasteiger partial charge in [0.25, 0.3) is 5.91 Å². The maximum Gasteiger partial charge on any atom is 0.266 e. The molecule has 0 bridgehead atoms. The van der Waals surface area contributed by atoms with E-state index in [0.717, 1.165) is 5.56 Å². The van der Waals surface area contributed by atoms with Crippen molar-refractivity contribution in [1.29, 1.82) is 5.26 Å². The summed E-state index contributed by atoms with van der Waals surface area (Å²) < 4.78 is 5.70. The highest BCUT2D eigenvalue weighted by atomic mass is 35.5. The van der Waals surface area contributed by atoms with Crippen LogP contribution in [0.15, 0.2) is 58.5 Å². The lowest BCUT2D eigenvalue weighted by Crippen LogP contribution is -2.13. The van der Waals surface area contributed by atoms with Crippen LogP contribution in [-0.4, -0.2) is 5.91 Å². The molecule has 3 rings (SSSR count). The molecule has 140 valence electrons. The molecule has 28 heavy (non-hydrogen) atoms. The normalized spacial score (nSPS) is 11.2. The van der Waals surface area contributed by atoms with Crippen LogP contribution in [0.3, 0.4) is 0 Å². The van der Waals surface area contributed by atoms with Crippen molar-refractivity contribution in [1.82, 2.24) is 0 Å². The van der Waals surface area contributed by atoms with Crippen LogP contribution in [0.5, 0.6) is 0 Å². The summed E-state index contributed by atoms with van der Waals surface area (Å²) in [6.07, 6.45) is 1.35. The number of hydrogen-bond acceptors (Lipinski definition) is 3. The van der Waals surface area contributed by atoms with Gasteiger partial charge in [0.1, 0.15) is 23.2 Å². The number of aryl methyl sites for hydroxylation is 1. The number of hydrogen-bond donors (Lipinski definition) is 1. The molecular weight excluding hydrogens is 419 g/mol. The molecule has 2 aromatic carbocycles. The first kappa shape index (κ1) is 20.0. The van der Waals surface area contributed by atoms with E-state index in [9.17, 15) is 10.1 Å². The zero-order valence-corrected chi connectivity index (χ0v) is 16.9. The van der Waals surface area contributed by atoms with Crippen molar-refractivity contribution >= 4 is 52.5 Å². The highest BCUT2D eigenvalue weighted by Gasteiger charge is 2.14. The van der Waals surface area contributed by atoms with Crippen molar-refractivity contribution in [2.45, 2.75) is 6.92 Å². The third-order valence-corrected chi connectivity index (χ3v) is 5.15. The number of rotatable bonds is 4. The molecule has 0 spiro atoms. The summed E-state index contributed by atoms with van der Waals surface area (Å²) in [5, 5.41) is 13.3. The van der Waals surface area contributed by atoms with E-state index >= 15 is 0 Å². The van der Waals surface area contributed by atoms with Crippen LogP contribution in [0.25, 0.3) is 17.4 Å². The first-order valence-electron chi connectivity index (χ1n) is 8.12. The second-order valence-electron chi connectivity index (χ2n) is 5.89. The van der Waals surface area contributed by atoms with Crippen molar-refractivity contribution < 1.29 is 9.21 Å². The summed E-state index contributed by atoms with van der Waals surface area (Å²) in [5.74, 6) is 0.239. The molecule has 0 aliphatic rings. The van der Waals surface area contributed by atoms with E-state index in [0.29, 0.717) is 37.8 Å². The molecule has 1 amide bonds. The van der Waals surface area contributed by atoms with E-state index in [1.165, 1.54) is 6.08 Å². The van der Waals surface area contributed by atoms with Crippen LogP contribution in [0.4, 0.5) is 5.69 Å². The molecule has 0 saturated carbocycles. The molecule has 0 aliphatic heterocycles. The summed E-state index contributed by atoms with van der Waals surface area (Å²) in [6.45, 7) is 1.86. The molecule has 7 heteroatoms. The Morgan fingerprint density at radius 1 is 1.11 bits per heavy atom. The van der Waals surface area contributed by atoms with Gasteiger partial charge in [-0.2, -0.15) is 5.26 Å². The average Bonchev–Trinajstić information content (AvgIpc) is 3.13. The van der Waals surface area contributed by atoms with Gasteiger partial charge in [-0.15, -0.1) is 0 Å². The Bertz CT molecular complexity index is 1130. The molecular formula is C21H13Cl3N2O2. The zero-order chi connectivity index (χ0) is 20.3. The van der Waals surface area contributed by atoms with Crippen molar-refractivity contribution in [2.24, 2.45) is 0 Å². The molecule has 0 unspecified atom stereocenters. The fourth-order valence-corrected chi connectivity index (χ4v) is 3.00. The Balaban J connectivity index is 1.84. The number of benzene rings is 2. The van der Waals surface area contributed by atoms with E-state index in [-0.39, 0.29) is 5.57 Å². The molecule has 3 aromatic rings. The highest BCUT2D eigenvalue weighted by Crippen LogP contribution is 2.34. The first-order chi connectivity index (χ1) is 13.4. The topological polar surface area (TPSA) is 66.0 Å². The van der Waals surface area contributed by atoms with Gasteiger partial charge in [0.2, 0.25) is 0 Å². The predicted octanol–water partition coefficient (Wildman–Crippen LogP) is 6.76. The summed E-state index contributed by atoms with van der Waals surface area (Å²) in [4.78, 5) is 12.4. The molecule has 1 heterocycles. The van der Waals surface area contributed by atoms with Gasteiger partial charge in [0, 0.05) is 22.3 Å². The Hall–Kier alpha value is -2.71. The Kier molecular flexibility index (Phi) is 6.11. The minimum atomic E-state index is -0.568.